The molecule has 18 heavy (non-hydrogen) atoms. The van der Waals surface area contributed by atoms with Gasteiger partial charge in [0.1, 0.15) is 4.88 Å². The van der Waals surface area contributed by atoms with Gasteiger partial charge in [0.2, 0.25) is 0 Å². The van der Waals surface area contributed by atoms with E-state index in [0.29, 0.717) is 11.3 Å². The van der Waals surface area contributed by atoms with Crippen molar-refractivity contribution in [2.75, 3.05) is 0 Å². The first-order valence-electron chi connectivity index (χ1n) is 5.53. The van der Waals surface area contributed by atoms with Gasteiger partial charge < -0.3 is 0 Å². The summed E-state index contributed by atoms with van der Waals surface area (Å²) >= 11 is 2.85. The lowest BCUT2D eigenvalue weighted by Gasteiger charge is -1.98. The Morgan fingerprint density at radius 2 is 2.17 bits per heavy atom. The second kappa shape index (κ2) is 4.59. The average Bonchev–Trinajstić information content (AvgIpc) is 2.97. The second-order valence-electron chi connectivity index (χ2n) is 4.04. The van der Waals surface area contributed by atoms with Crippen LogP contribution in [-0.4, -0.2) is 15.4 Å². The molecule has 0 bridgehead atoms. The average molecular weight is 274 g/mol. The van der Waals surface area contributed by atoms with Gasteiger partial charge in [-0.05, 0) is 40.9 Å². The molecule has 0 unspecified atom stereocenters. The minimum absolute atomic E-state index is 0.103. The number of benzene rings is 1. The summed E-state index contributed by atoms with van der Waals surface area (Å²) in [6.07, 6.45) is 0.425. The summed E-state index contributed by atoms with van der Waals surface area (Å²) in [5.41, 5.74) is 1.82. The normalized spacial score (nSPS) is 10.9. The molecule has 1 aromatic carbocycles. The first kappa shape index (κ1) is 11.5. The van der Waals surface area contributed by atoms with Crippen molar-refractivity contribution in [1.29, 1.82) is 0 Å². The predicted molar refractivity (Wildman–Crippen MR) is 74.5 cm³/mol. The molecule has 0 aliphatic carbocycles. The molecule has 3 aromatic rings. The summed E-state index contributed by atoms with van der Waals surface area (Å²) in [5, 5.41) is 7.11. The molecule has 0 radical (unpaired) electrons. The van der Waals surface area contributed by atoms with Gasteiger partial charge in [-0.25, -0.2) is 0 Å². The zero-order valence-corrected chi connectivity index (χ0v) is 11.3. The molecule has 0 aliphatic rings. The molecule has 0 saturated heterocycles. The number of ketones is 1. The highest BCUT2D eigenvalue weighted by Crippen LogP contribution is 2.27. The third-order valence-electron chi connectivity index (χ3n) is 2.82. The first-order chi connectivity index (χ1) is 8.75. The van der Waals surface area contributed by atoms with Gasteiger partial charge in [0, 0.05) is 11.1 Å². The molecule has 90 valence electrons. The highest BCUT2D eigenvalue weighted by molar-refractivity contribution is 7.17. The fraction of sp³-hybridized carbons (Fsp3) is 0.154. The van der Waals surface area contributed by atoms with Crippen molar-refractivity contribution in [2.24, 2.45) is 0 Å². The van der Waals surface area contributed by atoms with E-state index in [0.717, 1.165) is 11.3 Å². The third kappa shape index (κ3) is 1.95. The summed E-state index contributed by atoms with van der Waals surface area (Å²) in [5.74, 6) is 0.103. The lowest BCUT2D eigenvalue weighted by Crippen LogP contribution is -2.02. The minimum atomic E-state index is 0.103. The molecule has 0 aliphatic heterocycles. The predicted octanol–water partition coefficient (Wildman–Crippen LogP) is 3.49. The van der Waals surface area contributed by atoms with Crippen molar-refractivity contribution >= 4 is 38.7 Å². The van der Waals surface area contributed by atoms with Crippen LogP contribution in [0.2, 0.25) is 0 Å². The number of Topliss-reactive ketones (excluding diaryl/α,β-unsaturated/α-hetero) is 1. The van der Waals surface area contributed by atoms with Crippen LogP contribution in [-0.2, 0) is 6.42 Å². The van der Waals surface area contributed by atoms with Crippen LogP contribution < -0.4 is 0 Å². The monoisotopic (exact) mass is 274 g/mol. The largest absolute Gasteiger partial charge is 0.293 e. The zero-order chi connectivity index (χ0) is 12.5. The zero-order valence-electron chi connectivity index (χ0n) is 9.71. The number of hydrogen-bond acceptors (Lipinski definition) is 5. The number of carbonyl (C=O) groups is 1. The SMILES string of the molecule is Cc1nnsc1C(=O)Cc1csc2ccccc12. The number of rotatable bonds is 3. The molecule has 0 N–H and O–H groups in total. The van der Waals surface area contributed by atoms with Gasteiger partial charge in [-0.15, -0.1) is 16.4 Å². The standard InChI is InChI=1S/C13H10N2OS2/c1-8-13(18-15-14-8)11(16)6-9-7-17-12-5-3-2-4-10(9)12/h2-5,7H,6H2,1H3. The van der Waals surface area contributed by atoms with Crippen molar-refractivity contribution in [1.82, 2.24) is 9.59 Å². The Balaban J connectivity index is 1.93. The van der Waals surface area contributed by atoms with Gasteiger partial charge in [-0.3, -0.25) is 4.79 Å². The molecular formula is C13H10N2OS2. The van der Waals surface area contributed by atoms with Gasteiger partial charge in [0.15, 0.2) is 5.78 Å². The highest BCUT2D eigenvalue weighted by atomic mass is 32.1. The molecule has 0 fully saturated rings. The van der Waals surface area contributed by atoms with E-state index in [1.807, 2.05) is 19.1 Å². The van der Waals surface area contributed by atoms with Gasteiger partial charge in [-0.1, -0.05) is 22.7 Å². The topological polar surface area (TPSA) is 42.9 Å². The van der Waals surface area contributed by atoms with E-state index in [4.69, 9.17) is 0 Å². The van der Waals surface area contributed by atoms with Crippen LogP contribution in [0.1, 0.15) is 20.9 Å². The molecule has 0 spiro atoms. The lowest BCUT2D eigenvalue weighted by molar-refractivity contribution is 0.0996. The van der Waals surface area contributed by atoms with Crippen LogP contribution in [0, 0.1) is 6.92 Å². The summed E-state index contributed by atoms with van der Waals surface area (Å²) < 4.78 is 5.03. The van der Waals surface area contributed by atoms with Crippen LogP contribution >= 0.6 is 22.9 Å². The Kier molecular flexibility index (Phi) is 2.93. The number of nitrogens with zero attached hydrogens (tertiary/aromatic N) is 2. The molecular weight excluding hydrogens is 264 g/mol. The Morgan fingerprint density at radius 1 is 1.33 bits per heavy atom. The minimum Gasteiger partial charge on any atom is -0.293 e. The molecule has 3 nitrogen and oxygen atoms in total. The summed E-state index contributed by atoms with van der Waals surface area (Å²) in [7, 11) is 0. The quantitative estimate of drug-likeness (QED) is 0.687. The van der Waals surface area contributed by atoms with E-state index in [-0.39, 0.29) is 5.78 Å². The Labute approximate surface area is 112 Å². The van der Waals surface area contributed by atoms with Crippen molar-refractivity contribution in [2.45, 2.75) is 13.3 Å². The van der Waals surface area contributed by atoms with Crippen molar-refractivity contribution in [3.63, 3.8) is 0 Å². The lowest BCUT2D eigenvalue weighted by atomic mass is 10.1. The van der Waals surface area contributed by atoms with Gasteiger partial charge in [0.25, 0.3) is 0 Å². The maximum Gasteiger partial charge on any atom is 0.180 e. The third-order valence-corrected chi connectivity index (χ3v) is 4.70. The fourth-order valence-corrected chi connectivity index (χ4v) is 3.46. The maximum atomic E-state index is 12.2. The van der Waals surface area contributed by atoms with Crippen LogP contribution in [0.3, 0.4) is 0 Å². The number of aromatic nitrogens is 2. The van der Waals surface area contributed by atoms with Crippen molar-refractivity contribution in [3.8, 4) is 0 Å². The van der Waals surface area contributed by atoms with Crippen molar-refractivity contribution in [3.05, 3.63) is 45.8 Å². The maximum absolute atomic E-state index is 12.2. The summed E-state index contributed by atoms with van der Waals surface area (Å²) in [4.78, 5) is 12.8. The molecule has 0 saturated carbocycles. The van der Waals surface area contributed by atoms with E-state index in [2.05, 4.69) is 27.1 Å². The first-order valence-corrected chi connectivity index (χ1v) is 7.18. The molecule has 0 amide bonds. The van der Waals surface area contributed by atoms with Crippen LogP contribution in [0.5, 0.6) is 0 Å². The van der Waals surface area contributed by atoms with E-state index in [1.54, 1.807) is 11.3 Å². The number of carbonyl (C=O) groups excluding carboxylic acids is 1. The second-order valence-corrected chi connectivity index (χ2v) is 5.71. The molecule has 2 aromatic heterocycles. The Hall–Kier alpha value is -1.59. The van der Waals surface area contributed by atoms with Crippen molar-refractivity contribution < 1.29 is 4.79 Å². The fourth-order valence-electron chi connectivity index (χ4n) is 1.91. The molecule has 0 atom stereocenters. The number of fused-ring (bicyclic) bond motifs is 1. The van der Waals surface area contributed by atoms with E-state index >= 15 is 0 Å². The van der Waals surface area contributed by atoms with Crippen LogP contribution in [0.15, 0.2) is 29.6 Å². The molecule has 5 heteroatoms. The van der Waals surface area contributed by atoms with E-state index < -0.39 is 0 Å². The van der Waals surface area contributed by atoms with Gasteiger partial charge >= 0.3 is 0 Å². The number of hydrogen-bond donors (Lipinski definition) is 0. The van der Waals surface area contributed by atoms with Gasteiger partial charge in [-0.2, -0.15) is 0 Å². The number of aryl methyl sites for hydroxylation is 1. The van der Waals surface area contributed by atoms with E-state index in [9.17, 15) is 4.79 Å². The Morgan fingerprint density at radius 3 is 2.94 bits per heavy atom. The van der Waals surface area contributed by atoms with Crippen LogP contribution in [0.4, 0.5) is 0 Å². The van der Waals surface area contributed by atoms with Gasteiger partial charge in [0.05, 0.1) is 5.69 Å². The summed E-state index contributed by atoms with van der Waals surface area (Å²) in [6, 6.07) is 8.16. The van der Waals surface area contributed by atoms with Crippen LogP contribution in [0.25, 0.3) is 10.1 Å². The molecule has 2 heterocycles. The smallest absolute Gasteiger partial charge is 0.180 e. The van der Waals surface area contributed by atoms with E-state index in [1.165, 1.54) is 21.6 Å². The highest BCUT2D eigenvalue weighted by Gasteiger charge is 2.15. The Bertz CT molecular complexity index is 714. The number of thiophene rings is 1. The molecule has 3 rings (SSSR count). The summed E-state index contributed by atoms with van der Waals surface area (Å²) in [6.45, 7) is 1.82.